The summed E-state index contributed by atoms with van der Waals surface area (Å²) in [5.41, 5.74) is 6.66. The molecule has 1 fully saturated rings. The maximum atomic E-state index is 12.5. The summed E-state index contributed by atoms with van der Waals surface area (Å²) in [6.07, 6.45) is 0. The zero-order valence-electron chi connectivity index (χ0n) is 11.8. The van der Waals surface area contributed by atoms with E-state index in [1.807, 2.05) is 6.92 Å². The minimum atomic E-state index is -0.738. The van der Waals surface area contributed by atoms with E-state index in [-0.39, 0.29) is 11.9 Å². The summed E-state index contributed by atoms with van der Waals surface area (Å²) in [6, 6.07) is 3.14. The predicted octanol–water partition coefficient (Wildman–Crippen LogP) is 1.96. The van der Waals surface area contributed by atoms with Crippen LogP contribution in [0.3, 0.4) is 0 Å². The molecule has 1 aromatic carbocycles. The summed E-state index contributed by atoms with van der Waals surface area (Å²) in [5.74, 6) is 0.340. The smallest absolute Gasteiger partial charge is 0.234 e. The lowest BCUT2D eigenvalue weighted by Gasteiger charge is -2.26. The van der Waals surface area contributed by atoms with E-state index >= 15 is 0 Å². The molecule has 0 spiro atoms. The second kappa shape index (κ2) is 5.60. The molecule has 1 saturated heterocycles. The number of benzene rings is 1. The Kier molecular flexibility index (Phi) is 4.22. The number of methoxy groups -OCH3 is 1. The van der Waals surface area contributed by atoms with Gasteiger partial charge in [-0.25, -0.2) is 0 Å². The molecule has 2 atom stereocenters. The van der Waals surface area contributed by atoms with Crippen LogP contribution in [0.1, 0.15) is 12.5 Å². The molecular formula is C14H19ClN2O3. The number of hydrogen-bond donors (Lipinski definition) is 2. The van der Waals surface area contributed by atoms with Crippen LogP contribution in [0.2, 0.25) is 5.02 Å². The lowest BCUT2D eigenvalue weighted by Crippen LogP contribution is -2.47. The second-order valence-corrected chi connectivity index (χ2v) is 5.70. The summed E-state index contributed by atoms with van der Waals surface area (Å²) in [6.45, 7) is 4.37. The van der Waals surface area contributed by atoms with Gasteiger partial charge in [0.05, 0.1) is 31.4 Å². The SMILES string of the molecule is COc1cc(Cl)c(C)cc1NC(=O)C1(C)COCC1N. The van der Waals surface area contributed by atoms with Gasteiger partial charge in [0.25, 0.3) is 0 Å². The Morgan fingerprint density at radius 1 is 1.60 bits per heavy atom. The van der Waals surface area contributed by atoms with Gasteiger partial charge in [-0.2, -0.15) is 0 Å². The van der Waals surface area contributed by atoms with Crippen molar-refractivity contribution in [1.29, 1.82) is 0 Å². The van der Waals surface area contributed by atoms with E-state index in [0.717, 1.165) is 5.56 Å². The van der Waals surface area contributed by atoms with Crippen molar-refractivity contribution in [2.24, 2.45) is 11.1 Å². The molecule has 2 unspecified atom stereocenters. The monoisotopic (exact) mass is 298 g/mol. The molecule has 2 rings (SSSR count). The number of nitrogens with one attached hydrogen (secondary N) is 1. The average Bonchev–Trinajstić information content (AvgIpc) is 2.75. The van der Waals surface area contributed by atoms with Gasteiger partial charge in [0, 0.05) is 17.1 Å². The molecular weight excluding hydrogens is 280 g/mol. The molecule has 110 valence electrons. The van der Waals surface area contributed by atoms with Gasteiger partial charge >= 0.3 is 0 Å². The Balaban J connectivity index is 2.26. The standard InChI is InChI=1S/C14H19ClN2O3/c1-8-4-10(11(19-3)5-9(8)15)17-13(18)14(2)7-20-6-12(14)16/h4-5,12H,6-7,16H2,1-3H3,(H,17,18). The van der Waals surface area contributed by atoms with Crippen molar-refractivity contribution in [3.8, 4) is 5.75 Å². The molecule has 0 saturated carbocycles. The Labute approximate surface area is 123 Å². The fraction of sp³-hybridized carbons (Fsp3) is 0.500. The van der Waals surface area contributed by atoms with E-state index < -0.39 is 5.41 Å². The molecule has 1 aliphatic rings. The van der Waals surface area contributed by atoms with Crippen LogP contribution in [0.5, 0.6) is 5.75 Å². The van der Waals surface area contributed by atoms with Crippen LogP contribution in [0.15, 0.2) is 12.1 Å². The van der Waals surface area contributed by atoms with Gasteiger partial charge in [-0.1, -0.05) is 11.6 Å². The van der Waals surface area contributed by atoms with Gasteiger partial charge in [0.15, 0.2) is 0 Å². The van der Waals surface area contributed by atoms with Gasteiger partial charge in [0.1, 0.15) is 5.75 Å². The molecule has 1 aliphatic heterocycles. The van der Waals surface area contributed by atoms with Crippen molar-refractivity contribution in [2.45, 2.75) is 19.9 Å². The number of nitrogens with two attached hydrogens (primary N) is 1. The summed E-state index contributed by atoms with van der Waals surface area (Å²) < 4.78 is 10.5. The third-order valence-corrected chi connectivity index (χ3v) is 4.17. The molecule has 1 aromatic rings. The van der Waals surface area contributed by atoms with Crippen LogP contribution in [-0.2, 0) is 9.53 Å². The molecule has 6 heteroatoms. The number of carbonyl (C=O) groups is 1. The number of ether oxygens (including phenoxy) is 2. The van der Waals surface area contributed by atoms with E-state index in [1.54, 1.807) is 19.1 Å². The first-order valence-electron chi connectivity index (χ1n) is 6.37. The molecule has 20 heavy (non-hydrogen) atoms. The highest BCUT2D eigenvalue weighted by Gasteiger charge is 2.44. The number of amides is 1. The number of hydrogen-bond acceptors (Lipinski definition) is 4. The van der Waals surface area contributed by atoms with Crippen LogP contribution in [-0.4, -0.2) is 32.3 Å². The van der Waals surface area contributed by atoms with E-state index in [4.69, 9.17) is 26.8 Å². The van der Waals surface area contributed by atoms with Crippen LogP contribution in [0, 0.1) is 12.3 Å². The highest BCUT2D eigenvalue weighted by atomic mass is 35.5. The average molecular weight is 299 g/mol. The highest BCUT2D eigenvalue weighted by Crippen LogP contribution is 2.34. The Morgan fingerprint density at radius 2 is 2.30 bits per heavy atom. The Morgan fingerprint density at radius 3 is 2.85 bits per heavy atom. The molecule has 0 radical (unpaired) electrons. The number of carbonyl (C=O) groups excluding carboxylic acids is 1. The van der Waals surface area contributed by atoms with Gasteiger partial charge < -0.3 is 20.5 Å². The molecule has 1 amide bonds. The van der Waals surface area contributed by atoms with Crippen molar-refractivity contribution in [2.75, 3.05) is 25.6 Å². The Bertz CT molecular complexity index is 535. The topological polar surface area (TPSA) is 73.6 Å². The van der Waals surface area contributed by atoms with Crippen LogP contribution in [0.25, 0.3) is 0 Å². The van der Waals surface area contributed by atoms with E-state index in [0.29, 0.717) is 29.7 Å². The van der Waals surface area contributed by atoms with E-state index in [1.165, 1.54) is 7.11 Å². The zero-order chi connectivity index (χ0) is 14.9. The first kappa shape index (κ1) is 15.1. The third kappa shape index (κ3) is 2.61. The maximum absolute atomic E-state index is 12.5. The predicted molar refractivity (Wildman–Crippen MR) is 78.3 cm³/mol. The largest absolute Gasteiger partial charge is 0.495 e. The van der Waals surface area contributed by atoms with Gasteiger partial charge in [0.2, 0.25) is 5.91 Å². The second-order valence-electron chi connectivity index (χ2n) is 5.29. The zero-order valence-corrected chi connectivity index (χ0v) is 12.6. The minimum Gasteiger partial charge on any atom is -0.495 e. The van der Waals surface area contributed by atoms with Gasteiger partial charge in [-0.3, -0.25) is 4.79 Å². The van der Waals surface area contributed by atoms with E-state index in [9.17, 15) is 4.79 Å². The quantitative estimate of drug-likeness (QED) is 0.894. The molecule has 3 N–H and O–H groups in total. The molecule has 0 aromatic heterocycles. The lowest BCUT2D eigenvalue weighted by molar-refractivity contribution is -0.125. The number of halogens is 1. The molecule has 5 nitrogen and oxygen atoms in total. The molecule has 0 aliphatic carbocycles. The van der Waals surface area contributed by atoms with Crippen molar-refractivity contribution >= 4 is 23.2 Å². The normalized spacial score (nSPS) is 25.6. The summed E-state index contributed by atoms with van der Waals surface area (Å²) in [7, 11) is 1.53. The van der Waals surface area contributed by atoms with Crippen LogP contribution >= 0.6 is 11.6 Å². The van der Waals surface area contributed by atoms with E-state index in [2.05, 4.69) is 5.32 Å². The summed E-state index contributed by atoms with van der Waals surface area (Å²) in [5, 5.41) is 3.45. The Hall–Kier alpha value is -1.30. The van der Waals surface area contributed by atoms with Gasteiger partial charge in [-0.05, 0) is 25.5 Å². The number of aryl methyl sites for hydroxylation is 1. The fourth-order valence-electron chi connectivity index (χ4n) is 2.12. The van der Waals surface area contributed by atoms with Crippen LogP contribution < -0.4 is 15.8 Å². The fourth-order valence-corrected chi connectivity index (χ4v) is 2.27. The maximum Gasteiger partial charge on any atom is 0.234 e. The third-order valence-electron chi connectivity index (χ3n) is 3.77. The summed E-state index contributed by atoms with van der Waals surface area (Å²) in [4.78, 5) is 12.5. The molecule has 1 heterocycles. The minimum absolute atomic E-state index is 0.178. The number of rotatable bonds is 3. The number of anilines is 1. The van der Waals surface area contributed by atoms with Crippen molar-refractivity contribution < 1.29 is 14.3 Å². The highest BCUT2D eigenvalue weighted by molar-refractivity contribution is 6.31. The first-order chi connectivity index (χ1) is 9.38. The first-order valence-corrected chi connectivity index (χ1v) is 6.75. The summed E-state index contributed by atoms with van der Waals surface area (Å²) >= 11 is 6.05. The van der Waals surface area contributed by atoms with Crippen molar-refractivity contribution in [1.82, 2.24) is 0 Å². The van der Waals surface area contributed by atoms with Crippen LogP contribution in [0.4, 0.5) is 5.69 Å². The van der Waals surface area contributed by atoms with Crippen molar-refractivity contribution in [3.63, 3.8) is 0 Å². The molecule has 0 bridgehead atoms. The lowest BCUT2D eigenvalue weighted by atomic mass is 9.85. The van der Waals surface area contributed by atoms with Crippen molar-refractivity contribution in [3.05, 3.63) is 22.7 Å². The van der Waals surface area contributed by atoms with Gasteiger partial charge in [-0.15, -0.1) is 0 Å².